The Morgan fingerprint density at radius 2 is 1.96 bits per heavy atom. The summed E-state index contributed by atoms with van der Waals surface area (Å²) in [7, 11) is 0. The zero-order chi connectivity index (χ0) is 16.1. The molecule has 1 aliphatic heterocycles. The summed E-state index contributed by atoms with van der Waals surface area (Å²) in [6.07, 6.45) is 0.686. The lowest BCUT2D eigenvalue weighted by atomic mass is 10.1. The van der Waals surface area contributed by atoms with Crippen LogP contribution >= 0.6 is 0 Å². The van der Waals surface area contributed by atoms with Gasteiger partial charge in [0, 0.05) is 6.54 Å². The van der Waals surface area contributed by atoms with Crippen LogP contribution in [0.15, 0.2) is 48.5 Å². The molecule has 1 aliphatic rings. The first-order valence-electron chi connectivity index (χ1n) is 7.70. The van der Waals surface area contributed by atoms with Crippen LogP contribution in [-0.2, 0) is 11.2 Å². The van der Waals surface area contributed by atoms with Gasteiger partial charge in [0.05, 0.1) is 18.8 Å². The van der Waals surface area contributed by atoms with Crippen molar-refractivity contribution in [1.29, 1.82) is 0 Å². The number of nitrogens with zero attached hydrogens (tertiary/aromatic N) is 1. The average Bonchev–Trinajstić information content (AvgIpc) is 2.57. The summed E-state index contributed by atoms with van der Waals surface area (Å²) in [6, 6.07) is 14.1. The molecule has 5 heteroatoms. The molecule has 0 bridgehead atoms. The Morgan fingerprint density at radius 3 is 2.78 bits per heavy atom. The summed E-state index contributed by atoms with van der Waals surface area (Å²) in [5, 5.41) is 2.91. The average molecular weight is 314 g/mol. The topological polar surface area (TPSA) is 41.6 Å². The highest BCUT2D eigenvalue weighted by atomic mass is 19.1. The number of hydrogen-bond donors (Lipinski definition) is 1. The molecule has 0 aromatic heterocycles. The molecule has 0 saturated heterocycles. The zero-order valence-electron chi connectivity index (χ0n) is 12.8. The lowest BCUT2D eigenvalue weighted by Crippen LogP contribution is -2.41. The van der Waals surface area contributed by atoms with Crippen LogP contribution in [0.4, 0.5) is 10.1 Å². The van der Waals surface area contributed by atoms with Crippen molar-refractivity contribution in [2.24, 2.45) is 0 Å². The SMILES string of the molecule is O=C(CN1CCOc2ccccc21)NCCc1ccc(F)cc1. The predicted molar refractivity (Wildman–Crippen MR) is 87.3 cm³/mol. The van der Waals surface area contributed by atoms with E-state index in [9.17, 15) is 9.18 Å². The van der Waals surface area contributed by atoms with E-state index in [1.807, 2.05) is 29.2 Å². The fourth-order valence-electron chi connectivity index (χ4n) is 2.62. The molecule has 4 nitrogen and oxygen atoms in total. The number of amides is 1. The summed E-state index contributed by atoms with van der Waals surface area (Å²) in [6.45, 7) is 2.13. The fraction of sp³-hybridized carbons (Fsp3) is 0.278. The number of para-hydroxylation sites is 2. The van der Waals surface area contributed by atoms with Crippen LogP contribution in [0.5, 0.6) is 5.75 Å². The van der Waals surface area contributed by atoms with Crippen LogP contribution in [0, 0.1) is 5.82 Å². The third-order valence-corrected chi connectivity index (χ3v) is 3.81. The quantitative estimate of drug-likeness (QED) is 0.921. The van der Waals surface area contributed by atoms with Crippen molar-refractivity contribution in [3.8, 4) is 5.75 Å². The standard InChI is InChI=1S/C18H19FN2O2/c19-15-7-5-14(6-8-15)9-10-20-18(22)13-21-11-12-23-17-4-2-1-3-16(17)21/h1-8H,9-13H2,(H,20,22). The maximum Gasteiger partial charge on any atom is 0.239 e. The summed E-state index contributed by atoms with van der Waals surface area (Å²) < 4.78 is 18.4. The lowest BCUT2D eigenvalue weighted by molar-refractivity contribution is -0.119. The first kappa shape index (κ1) is 15.3. The molecule has 0 saturated carbocycles. The molecule has 3 rings (SSSR count). The highest BCUT2D eigenvalue weighted by Crippen LogP contribution is 2.30. The number of rotatable bonds is 5. The second kappa shape index (κ2) is 7.13. The number of hydrogen-bond acceptors (Lipinski definition) is 3. The monoisotopic (exact) mass is 314 g/mol. The second-order valence-corrected chi connectivity index (χ2v) is 5.46. The van der Waals surface area contributed by atoms with Crippen LogP contribution in [-0.4, -0.2) is 32.1 Å². The van der Waals surface area contributed by atoms with Crippen LogP contribution < -0.4 is 15.0 Å². The smallest absolute Gasteiger partial charge is 0.239 e. The first-order chi connectivity index (χ1) is 11.2. The van der Waals surface area contributed by atoms with Gasteiger partial charge in [-0.2, -0.15) is 0 Å². The van der Waals surface area contributed by atoms with Gasteiger partial charge in [-0.05, 0) is 36.2 Å². The van der Waals surface area contributed by atoms with Crippen LogP contribution in [0.2, 0.25) is 0 Å². The third kappa shape index (κ3) is 4.00. The Morgan fingerprint density at radius 1 is 1.17 bits per heavy atom. The van der Waals surface area contributed by atoms with E-state index in [2.05, 4.69) is 5.32 Å². The number of fused-ring (bicyclic) bond motifs is 1. The van der Waals surface area contributed by atoms with Crippen molar-refractivity contribution in [1.82, 2.24) is 5.32 Å². The van der Waals surface area contributed by atoms with Crippen LogP contribution in [0.25, 0.3) is 0 Å². The summed E-state index contributed by atoms with van der Waals surface area (Å²) in [5.74, 6) is 0.547. The largest absolute Gasteiger partial charge is 0.490 e. The van der Waals surface area contributed by atoms with Crippen LogP contribution in [0.1, 0.15) is 5.56 Å². The lowest BCUT2D eigenvalue weighted by Gasteiger charge is -2.30. The Bertz CT molecular complexity index is 673. The van der Waals surface area contributed by atoms with Gasteiger partial charge in [-0.25, -0.2) is 4.39 Å². The van der Waals surface area contributed by atoms with E-state index in [1.54, 1.807) is 12.1 Å². The normalized spacial score (nSPS) is 13.2. The van der Waals surface area contributed by atoms with Gasteiger partial charge in [-0.3, -0.25) is 4.79 Å². The minimum absolute atomic E-state index is 0.0242. The molecule has 0 radical (unpaired) electrons. The maximum atomic E-state index is 12.8. The van der Waals surface area contributed by atoms with E-state index in [1.165, 1.54) is 12.1 Å². The molecule has 0 spiro atoms. The molecule has 1 amide bonds. The van der Waals surface area contributed by atoms with E-state index in [0.29, 0.717) is 32.7 Å². The summed E-state index contributed by atoms with van der Waals surface area (Å²) in [5.41, 5.74) is 1.95. The van der Waals surface area contributed by atoms with E-state index in [4.69, 9.17) is 4.74 Å². The van der Waals surface area contributed by atoms with E-state index in [0.717, 1.165) is 17.0 Å². The van der Waals surface area contributed by atoms with Gasteiger partial charge in [-0.15, -0.1) is 0 Å². The molecule has 120 valence electrons. The van der Waals surface area contributed by atoms with E-state index in [-0.39, 0.29) is 11.7 Å². The number of anilines is 1. The molecular weight excluding hydrogens is 295 g/mol. The first-order valence-corrected chi connectivity index (χ1v) is 7.70. The van der Waals surface area contributed by atoms with Crippen molar-refractivity contribution in [2.75, 3.05) is 31.1 Å². The molecule has 0 fully saturated rings. The minimum Gasteiger partial charge on any atom is -0.490 e. The van der Waals surface area contributed by atoms with Crippen molar-refractivity contribution in [3.63, 3.8) is 0 Å². The Labute approximate surface area is 134 Å². The molecule has 0 aliphatic carbocycles. The fourth-order valence-corrected chi connectivity index (χ4v) is 2.62. The molecule has 2 aromatic rings. The number of carbonyl (C=O) groups is 1. The Balaban J connectivity index is 1.49. The maximum absolute atomic E-state index is 12.8. The Hall–Kier alpha value is -2.56. The zero-order valence-corrected chi connectivity index (χ0v) is 12.8. The number of nitrogens with one attached hydrogen (secondary N) is 1. The summed E-state index contributed by atoms with van der Waals surface area (Å²) in [4.78, 5) is 14.1. The van der Waals surface area contributed by atoms with Gasteiger partial charge < -0.3 is 15.0 Å². The highest BCUT2D eigenvalue weighted by molar-refractivity contribution is 5.82. The molecule has 0 unspecified atom stereocenters. The van der Waals surface area contributed by atoms with Crippen molar-refractivity contribution in [2.45, 2.75) is 6.42 Å². The van der Waals surface area contributed by atoms with E-state index >= 15 is 0 Å². The third-order valence-electron chi connectivity index (χ3n) is 3.81. The number of ether oxygens (including phenoxy) is 1. The molecule has 0 atom stereocenters. The molecule has 1 N–H and O–H groups in total. The van der Waals surface area contributed by atoms with Crippen molar-refractivity contribution < 1.29 is 13.9 Å². The van der Waals surface area contributed by atoms with Gasteiger partial charge in [0.25, 0.3) is 0 Å². The molecule has 23 heavy (non-hydrogen) atoms. The molecule has 2 aromatic carbocycles. The van der Waals surface area contributed by atoms with Gasteiger partial charge in [0.1, 0.15) is 18.2 Å². The molecule has 1 heterocycles. The van der Waals surface area contributed by atoms with Gasteiger partial charge in [0.2, 0.25) is 5.91 Å². The number of carbonyl (C=O) groups excluding carboxylic acids is 1. The molecular formula is C18H19FN2O2. The van der Waals surface area contributed by atoms with Gasteiger partial charge in [-0.1, -0.05) is 24.3 Å². The second-order valence-electron chi connectivity index (χ2n) is 5.46. The van der Waals surface area contributed by atoms with Crippen molar-refractivity contribution >= 4 is 11.6 Å². The highest BCUT2D eigenvalue weighted by Gasteiger charge is 2.19. The predicted octanol–water partition coefficient (Wildman–Crippen LogP) is 2.38. The van der Waals surface area contributed by atoms with E-state index < -0.39 is 0 Å². The van der Waals surface area contributed by atoms with Crippen LogP contribution in [0.3, 0.4) is 0 Å². The van der Waals surface area contributed by atoms with Gasteiger partial charge in [0.15, 0.2) is 0 Å². The summed E-state index contributed by atoms with van der Waals surface area (Å²) >= 11 is 0. The van der Waals surface area contributed by atoms with Gasteiger partial charge >= 0.3 is 0 Å². The number of halogens is 1. The van der Waals surface area contributed by atoms with Crippen molar-refractivity contribution in [3.05, 3.63) is 59.9 Å². The minimum atomic E-state index is -0.247. The number of benzene rings is 2. The Kier molecular flexibility index (Phi) is 4.76.